The van der Waals surface area contributed by atoms with Gasteiger partial charge < -0.3 is 10.6 Å². The molecule has 2 N–H and O–H groups in total. The van der Waals surface area contributed by atoms with Crippen molar-refractivity contribution in [3.63, 3.8) is 0 Å². The van der Waals surface area contributed by atoms with Crippen LogP contribution in [0.3, 0.4) is 0 Å². The van der Waals surface area contributed by atoms with Gasteiger partial charge in [-0.25, -0.2) is 9.97 Å². The highest BCUT2D eigenvalue weighted by molar-refractivity contribution is 9.10. The summed E-state index contributed by atoms with van der Waals surface area (Å²) in [5, 5.41) is 5.89. The summed E-state index contributed by atoms with van der Waals surface area (Å²) >= 11 is 3.33. The van der Waals surface area contributed by atoms with Crippen molar-refractivity contribution in [2.45, 2.75) is 13.3 Å². The van der Waals surface area contributed by atoms with Crippen molar-refractivity contribution >= 4 is 33.5 Å². The zero-order valence-electron chi connectivity index (χ0n) is 11.1. The smallest absolute Gasteiger partial charge is 0.258 e. The molecule has 0 atom stereocenters. The van der Waals surface area contributed by atoms with E-state index in [9.17, 15) is 4.79 Å². The number of rotatable bonds is 5. The van der Waals surface area contributed by atoms with Crippen molar-refractivity contribution in [2.75, 3.05) is 17.2 Å². The Bertz CT molecular complexity index is 586. The fourth-order valence-corrected chi connectivity index (χ4v) is 1.90. The first-order valence-electron chi connectivity index (χ1n) is 6.32. The number of hydrogen-bond acceptors (Lipinski definition) is 4. The minimum atomic E-state index is -0.237. The number of nitrogens with one attached hydrogen (secondary N) is 2. The number of aromatic nitrogens is 2. The largest absolute Gasteiger partial charge is 0.370 e. The number of carbonyl (C=O) groups is 1. The molecular formula is C14H15BrN4O. The zero-order chi connectivity index (χ0) is 14.4. The van der Waals surface area contributed by atoms with E-state index in [0.29, 0.717) is 11.4 Å². The van der Waals surface area contributed by atoms with Crippen molar-refractivity contribution in [1.82, 2.24) is 9.97 Å². The third-order valence-corrected chi connectivity index (χ3v) is 3.21. The third-order valence-electron chi connectivity index (χ3n) is 2.57. The molecular weight excluding hydrogens is 320 g/mol. The van der Waals surface area contributed by atoms with Crippen molar-refractivity contribution in [3.8, 4) is 0 Å². The minimum Gasteiger partial charge on any atom is -0.370 e. The van der Waals surface area contributed by atoms with Crippen LogP contribution in [-0.2, 0) is 0 Å². The number of hydrogen-bond donors (Lipinski definition) is 2. The lowest BCUT2D eigenvalue weighted by Crippen LogP contribution is -2.14. The second kappa shape index (κ2) is 7.00. The second-order valence-corrected chi connectivity index (χ2v) is 5.00. The molecule has 0 bridgehead atoms. The van der Waals surface area contributed by atoms with Crippen LogP contribution in [-0.4, -0.2) is 22.4 Å². The molecule has 20 heavy (non-hydrogen) atoms. The van der Waals surface area contributed by atoms with Gasteiger partial charge in [-0.2, -0.15) is 0 Å². The predicted molar refractivity (Wildman–Crippen MR) is 82.9 cm³/mol. The summed E-state index contributed by atoms with van der Waals surface area (Å²) in [5.74, 6) is 1.02. The van der Waals surface area contributed by atoms with Crippen LogP contribution >= 0.6 is 15.9 Å². The zero-order valence-corrected chi connectivity index (χ0v) is 12.6. The van der Waals surface area contributed by atoms with Gasteiger partial charge in [0.05, 0.1) is 10.0 Å². The molecule has 6 heteroatoms. The van der Waals surface area contributed by atoms with Crippen LogP contribution in [0.4, 0.5) is 11.6 Å². The lowest BCUT2D eigenvalue weighted by molar-refractivity contribution is 0.102. The molecule has 0 aliphatic heterocycles. The molecule has 5 nitrogen and oxygen atoms in total. The maximum atomic E-state index is 12.1. The molecule has 0 aliphatic carbocycles. The van der Waals surface area contributed by atoms with E-state index in [2.05, 4.69) is 43.5 Å². The Morgan fingerprint density at radius 1 is 1.30 bits per heavy atom. The second-order valence-electron chi connectivity index (χ2n) is 4.15. The van der Waals surface area contributed by atoms with Gasteiger partial charge in [0.1, 0.15) is 11.6 Å². The van der Waals surface area contributed by atoms with Crippen molar-refractivity contribution in [3.05, 3.63) is 46.7 Å². The Hall–Kier alpha value is -1.95. The number of anilines is 2. The van der Waals surface area contributed by atoms with E-state index in [0.717, 1.165) is 23.3 Å². The van der Waals surface area contributed by atoms with Gasteiger partial charge in [0, 0.05) is 18.9 Å². The molecule has 0 fully saturated rings. The first kappa shape index (κ1) is 14.5. The van der Waals surface area contributed by atoms with E-state index < -0.39 is 0 Å². The lowest BCUT2D eigenvalue weighted by atomic mass is 10.2. The molecule has 0 unspecified atom stereocenters. The van der Waals surface area contributed by atoms with Crippen LogP contribution in [0, 0.1) is 0 Å². The quantitative estimate of drug-likeness (QED) is 0.880. The summed E-state index contributed by atoms with van der Waals surface area (Å²) in [5.41, 5.74) is 0.490. The maximum Gasteiger partial charge on any atom is 0.258 e. The molecule has 2 aromatic rings. The van der Waals surface area contributed by atoms with Gasteiger partial charge in [0.15, 0.2) is 0 Å². The van der Waals surface area contributed by atoms with Crippen molar-refractivity contribution in [1.29, 1.82) is 0 Å². The first-order chi connectivity index (χ1) is 9.70. The minimum absolute atomic E-state index is 0.237. The Morgan fingerprint density at radius 2 is 2.15 bits per heavy atom. The van der Waals surface area contributed by atoms with Gasteiger partial charge in [0.2, 0.25) is 0 Å². The van der Waals surface area contributed by atoms with Crippen LogP contribution in [0.5, 0.6) is 0 Å². The summed E-state index contributed by atoms with van der Waals surface area (Å²) in [6.45, 7) is 2.94. The number of carbonyl (C=O) groups excluding carboxylic acids is 1. The monoisotopic (exact) mass is 334 g/mol. The lowest BCUT2D eigenvalue weighted by Gasteiger charge is -2.07. The number of nitrogens with zero attached hydrogens (tertiary/aromatic N) is 2. The summed E-state index contributed by atoms with van der Waals surface area (Å²) in [7, 11) is 0. The van der Waals surface area contributed by atoms with E-state index in [1.165, 1.54) is 0 Å². The fourth-order valence-electron chi connectivity index (χ4n) is 1.54. The van der Waals surface area contributed by atoms with Gasteiger partial charge >= 0.3 is 0 Å². The Morgan fingerprint density at radius 3 is 2.80 bits per heavy atom. The fraction of sp³-hybridized carbons (Fsp3) is 0.214. The van der Waals surface area contributed by atoms with Crippen LogP contribution in [0.15, 0.2) is 41.1 Å². The highest BCUT2D eigenvalue weighted by Crippen LogP contribution is 2.19. The van der Waals surface area contributed by atoms with E-state index in [4.69, 9.17) is 0 Å². The predicted octanol–water partition coefficient (Wildman–Crippen LogP) is 3.31. The van der Waals surface area contributed by atoms with Crippen molar-refractivity contribution in [2.24, 2.45) is 0 Å². The molecule has 1 amide bonds. The number of halogens is 1. The molecule has 0 spiro atoms. The Labute approximate surface area is 126 Å². The van der Waals surface area contributed by atoms with Gasteiger partial charge in [0.25, 0.3) is 5.91 Å². The Balaban J connectivity index is 2.04. The normalized spacial score (nSPS) is 10.1. The summed E-state index contributed by atoms with van der Waals surface area (Å²) in [6, 6.07) is 7.13. The highest BCUT2D eigenvalue weighted by Gasteiger charge is 2.09. The molecule has 0 aliphatic rings. The van der Waals surface area contributed by atoms with Gasteiger partial charge in [-0.15, -0.1) is 0 Å². The molecule has 104 valence electrons. The molecule has 2 rings (SSSR count). The summed E-state index contributed by atoms with van der Waals surface area (Å²) in [6.07, 6.45) is 4.19. The number of pyridine rings is 2. The highest BCUT2D eigenvalue weighted by atomic mass is 79.9. The van der Waals surface area contributed by atoms with Crippen LogP contribution < -0.4 is 10.6 Å². The maximum absolute atomic E-state index is 12.1. The van der Waals surface area contributed by atoms with Gasteiger partial charge in [-0.05, 0) is 46.6 Å². The van der Waals surface area contributed by atoms with E-state index >= 15 is 0 Å². The van der Waals surface area contributed by atoms with Gasteiger partial charge in [-0.3, -0.25) is 4.79 Å². The number of amides is 1. The SMILES string of the molecule is CCCNc1ccc(C(=O)Nc2ncccc2Br)cn1. The van der Waals surface area contributed by atoms with E-state index in [1.807, 2.05) is 6.07 Å². The molecule has 2 heterocycles. The topological polar surface area (TPSA) is 66.9 Å². The van der Waals surface area contributed by atoms with Crippen LogP contribution in [0.25, 0.3) is 0 Å². The standard InChI is InChI=1S/C14H15BrN4O/c1-2-7-16-12-6-5-10(9-18-12)14(20)19-13-11(15)4-3-8-17-13/h3-6,8-9H,2,7H2,1H3,(H,16,18)(H,17,19,20). The Kier molecular flexibility index (Phi) is 5.06. The molecule has 2 aromatic heterocycles. The average Bonchev–Trinajstić information content (AvgIpc) is 2.48. The van der Waals surface area contributed by atoms with Crippen LogP contribution in [0.2, 0.25) is 0 Å². The van der Waals surface area contributed by atoms with E-state index in [-0.39, 0.29) is 5.91 Å². The third kappa shape index (κ3) is 3.77. The molecule has 0 aromatic carbocycles. The van der Waals surface area contributed by atoms with E-state index in [1.54, 1.807) is 30.6 Å². The molecule has 0 radical (unpaired) electrons. The summed E-state index contributed by atoms with van der Waals surface area (Å²) < 4.78 is 0.738. The average molecular weight is 335 g/mol. The molecule has 0 saturated carbocycles. The van der Waals surface area contributed by atoms with Crippen LogP contribution in [0.1, 0.15) is 23.7 Å². The first-order valence-corrected chi connectivity index (χ1v) is 7.12. The summed E-state index contributed by atoms with van der Waals surface area (Å²) in [4.78, 5) is 20.3. The van der Waals surface area contributed by atoms with Gasteiger partial charge in [-0.1, -0.05) is 6.92 Å². The van der Waals surface area contributed by atoms with Crippen molar-refractivity contribution < 1.29 is 4.79 Å². The molecule has 0 saturated heterocycles.